The number of aryl methyl sites for hydroxylation is 1. The van der Waals surface area contributed by atoms with Crippen LogP contribution >= 0.6 is 0 Å². The minimum absolute atomic E-state index is 0.142. The number of carbonyl (C=O) groups excluding carboxylic acids is 1. The van der Waals surface area contributed by atoms with Crippen LogP contribution in [0.1, 0.15) is 24.2 Å². The molecule has 0 fully saturated rings. The van der Waals surface area contributed by atoms with Crippen LogP contribution in [0.4, 0.5) is 11.4 Å². The molecule has 0 saturated heterocycles. The molecule has 2 aromatic carbocycles. The standard InChI is InChI=1S/C23H24N4O5/c1-14(2)11-24-22(28)15-4-6-16(7-5-15)26-21-20(12-25-27(3)23(21)29)32-17-8-9-18-19(10-17)31-13-30-18/h4-10,12,14,26H,11,13H2,1-3H3,(H,24,28). The summed E-state index contributed by atoms with van der Waals surface area (Å²) in [6.07, 6.45) is 1.46. The van der Waals surface area contributed by atoms with E-state index in [0.29, 0.717) is 41.0 Å². The summed E-state index contributed by atoms with van der Waals surface area (Å²) in [5.41, 5.74) is 1.03. The lowest BCUT2D eigenvalue weighted by molar-refractivity contribution is 0.0949. The molecule has 9 nitrogen and oxygen atoms in total. The highest BCUT2D eigenvalue weighted by molar-refractivity contribution is 5.94. The zero-order valence-electron chi connectivity index (χ0n) is 18.0. The molecule has 32 heavy (non-hydrogen) atoms. The summed E-state index contributed by atoms with van der Waals surface area (Å²) in [5.74, 6) is 2.16. The lowest BCUT2D eigenvalue weighted by atomic mass is 10.1. The van der Waals surface area contributed by atoms with Crippen molar-refractivity contribution in [2.75, 3.05) is 18.7 Å². The van der Waals surface area contributed by atoms with Gasteiger partial charge in [-0.3, -0.25) is 9.59 Å². The molecule has 1 aromatic heterocycles. The number of nitrogens with zero attached hydrogens (tertiary/aromatic N) is 2. The van der Waals surface area contributed by atoms with E-state index in [-0.39, 0.29) is 29.7 Å². The molecule has 0 aliphatic carbocycles. The molecule has 0 bridgehead atoms. The van der Waals surface area contributed by atoms with Crippen molar-refractivity contribution in [3.63, 3.8) is 0 Å². The van der Waals surface area contributed by atoms with E-state index in [1.54, 1.807) is 49.5 Å². The van der Waals surface area contributed by atoms with Crippen molar-refractivity contribution in [2.24, 2.45) is 13.0 Å². The molecule has 2 heterocycles. The monoisotopic (exact) mass is 436 g/mol. The molecule has 0 atom stereocenters. The zero-order valence-corrected chi connectivity index (χ0v) is 18.0. The molecular formula is C23H24N4O5. The molecule has 166 valence electrons. The summed E-state index contributed by atoms with van der Waals surface area (Å²) < 4.78 is 17.8. The van der Waals surface area contributed by atoms with Gasteiger partial charge in [0.1, 0.15) is 5.75 Å². The first-order valence-electron chi connectivity index (χ1n) is 10.2. The SMILES string of the molecule is CC(C)CNC(=O)c1ccc(Nc2c(Oc3ccc4c(c3)OCO4)cnn(C)c2=O)cc1. The maximum absolute atomic E-state index is 12.7. The third kappa shape index (κ3) is 4.66. The molecule has 0 spiro atoms. The fourth-order valence-electron chi connectivity index (χ4n) is 3.03. The van der Waals surface area contributed by atoms with Gasteiger partial charge in [0.15, 0.2) is 22.9 Å². The molecule has 0 radical (unpaired) electrons. The highest BCUT2D eigenvalue weighted by atomic mass is 16.7. The third-order valence-electron chi connectivity index (χ3n) is 4.76. The van der Waals surface area contributed by atoms with Gasteiger partial charge in [0, 0.05) is 30.9 Å². The van der Waals surface area contributed by atoms with Crippen molar-refractivity contribution in [1.82, 2.24) is 15.1 Å². The first-order valence-corrected chi connectivity index (χ1v) is 10.2. The van der Waals surface area contributed by atoms with Crippen LogP contribution in [0.2, 0.25) is 0 Å². The number of anilines is 2. The van der Waals surface area contributed by atoms with Crippen molar-refractivity contribution in [3.05, 3.63) is 64.6 Å². The maximum Gasteiger partial charge on any atom is 0.294 e. The van der Waals surface area contributed by atoms with Crippen LogP contribution in [0.5, 0.6) is 23.0 Å². The summed E-state index contributed by atoms with van der Waals surface area (Å²) >= 11 is 0. The number of rotatable bonds is 7. The number of fused-ring (bicyclic) bond motifs is 1. The normalized spacial score (nSPS) is 12.0. The fourth-order valence-corrected chi connectivity index (χ4v) is 3.03. The van der Waals surface area contributed by atoms with E-state index in [9.17, 15) is 9.59 Å². The summed E-state index contributed by atoms with van der Waals surface area (Å²) in [5, 5.41) is 10.0. The van der Waals surface area contributed by atoms with E-state index in [1.807, 2.05) is 13.8 Å². The average Bonchev–Trinajstić information content (AvgIpc) is 3.25. The van der Waals surface area contributed by atoms with Crippen molar-refractivity contribution >= 4 is 17.3 Å². The molecular weight excluding hydrogens is 412 g/mol. The second kappa shape index (κ2) is 9.01. The predicted molar refractivity (Wildman–Crippen MR) is 119 cm³/mol. The summed E-state index contributed by atoms with van der Waals surface area (Å²) in [6.45, 7) is 4.83. The van der Waals surface area contributed by atoms with Crippen molar-refractivity contribution in [3.8, 4) is 23.0 Å². The van der Waals surface area contributed by atoms with Gasteiger partial charge in [0.25, 0.3) is 11.5 Å². The highest BCUT2D eigenvalue weighted by Gasteiger charge is 2.17. The molecule has 1 amide bonds. The fraction of sp³-hybridized carbons (Fsp3) is 0.261. The van der Waals surface area contributed by atoms with E-state index in [2.05, 4.69) is 15.7 Å². The molecule has 9 heteroatoms. The molecule has 1 aliphatic heterocycles. The Morgan fingerprint density at radius 1 is 1.16 bits per heavy atom. The lowest BCUT2D eigenvalue weighted by Crippen LogP contribution is -2.27. The van der Waals surface area contributed by atoms with E-state index in [0.717, 1.165) is 0 Å². The quantitative estimate of drug-likeness (QED) is 0.585. The Kier molecular flexibility index (Phi) is 5.98. The van der Waals surface area contributed by atoms with Crippen LogP contribution in [0, 0.1) is 5.92 Å². The van der Waals surface area contributed by atoms with Gasteiger partial charge in [-0.25, -0.2) is 4.68 Å². The number of nitrogens with one attached hydrogen (secondary N) is 2. The van der Waals surface area contributed by atoms with E-state index >= 15 is 0 Å². The molecule has 1 aliphatic rings. The zero-order chi connectivity index (χ0) is 22.7. The average molecular weight is 436 g/mol. The van der Waals surface area contributed by atoms with Gasteiger partial charge >= 0.3 is 0 Å². The number of hydrogen-bond donors (Lipinski definition) is 2. The largest absolute Gasteiger partial charge is 0.454 e. The number of ether oxygens (including phenoxy) is 3. The maximum atomic E-state index is 12.7. The van der Waals surface area contributed by atoms with Crippen LogP contribution in [-0.4, -0.2) is 29.0 Å². The molecule has 2 N–H and O–H groups in total. The molecule has 4 rings (SSSR count). The van der Waals surface area contributed by atoms with E-state index in [1.165, 1.54) is 10.9 Å². The smallest absolute Gasteiger partial charge is 0.294 e. The minimum Gasteiger partial charge on any atom is -0.454 e. The van der Waals surface area contributed by atoms with Gasteiger partial charge in [-0.2, -0.15) is 5.10 Å². The number of carbonyl (C=O) groups is 1. The van der Waals surface area contributed by atoms with Gasteiger partial charge < -0.3 is 24.8 Å². The minimum atomic E-state index is -0.359. The Bertz CT molecular complexity index is 1190. The Morgan fingerprint density at radius 3 is 2.66 bits per heavy atom. The number of aromatic nitrogens is 2. The lowest BCUT2D eigenvalue weighted by Gasteiger charge is -2.14. The van der Waals surface area contributed by atoms with Crippen molar-refractivity contribution < 1.29 is 19.0 Å². The highest BCUT2D eigenvalue weighted by Crippen LogP contribution is 2.37. The van der Waals surface area contributed by atoms with Crippen LogP contribution < -0.4 is 30.4 Å². The van der Waals surface area contributed by atoms with Crippen LogP contribution in [0.25, 0.3) is 0 Å². The van der Waals surface area contributed by atoms with Gasteiger partial charge in [-0.1, -0.05) is 13.8 Å². The predicted octanol–water partition coefficient (Wildman–Crippen LogP) is 3.43. The van der Waals surface area contributed by atoms with Gasteiger partial charge in [0.2, 0.25) is 6.79 Å². The number of hydrogen-bond acceptors (Lipinski definition) is 7. The molecule has 3 aromatic rings. The number of amides is 1. The van der Waals surface area contributed by atoms with Gasteiger partial charge in [-0.05, 0) is 42.3 Å². The first kappa shape index (κ1) is 21.2. The Balaban J connectivity index is 1.55. The van der Waals surface area contributed by atoms with Crippen LogP contribution in [0.3, 0.4) is 0 Å². The van der Waals surface area contributed by atoms with Crippen molar-refractivity contribution in [1.29, 1.82) is 0 Å². The van der Waals surface area contributed by atoms with Gasteiger partial charge in [-0.15, -0.1) is 0 Å². The summed E-state index contributed by atoms with van der Waals surface area (Å²) in [4.78, 5) is 25.0. The van der Waals surface area contributed by atoms with E-state index in [4.69, 9.17) is 14.2 Å². The third-order valence-corrected chi connectivity index (χ3v) is 4.76. The van der Waals surface area contributed by atoms with E-state index < -0.39 is 0 Å². The Hall–Kier alpha value is -4.01. The molecule has 0 saturated carbocycles. The molecule has 0 unspecified atom stereocenters. The van der Waals surface area contributed by atoms with Crippen molar-refractivity contribution in [2.45, 2.75) is 13.8 Å². The number of benzene rings is 2. The Morgan fingerprint density at radius 2 is 1.91 bits per heavy atom. The topological polar surface area (TPSA) is 104 Å². The van der Waals surface area contributed by atoms with Crippen LogP contribution in [-0.2, 0) is 7.05 Å². The van der Waals surface area contributed by atoms with Crippen LogP contribution in [0.15, 0.2) is 53.5 Å². The summed E-state index contributed by atoms with van der Waals surface area (Å²) in [7, 11) is 1.56. The Labute approximate surface area is 184 Å². The first-order chi connectivity index (χ1) is 15.4. The second-order valence-electron chi connectivity index (χ2n) is 7.74. The summed E-state index contributed by atoms with van der Waals surface area (Å²) in [6, 6.07) is 12.0. The van der Waals surface area contributed by atoms with Gasteiger partial charge in [0.05, 0.1) is 6.20 Å². The second-order valence-corrected chi connectivity index (χ2v) is 7.74.